The lowest BCUT2D eigenvalue weighted by atomic mass is 10.4. The molecule has 0 saturated heterocycles. The molecule has 0 aliphatic rings. The molecule has 2 rings (SSSR count). The molecule has 0 saturated carbocycles. The van der Waals surface area contributed by atoms with Crippen molar-refractivity contribution in [3.8, 4) is 6.01 Å². The maximum atomic E-state index is 12.1. The van der Waals surface area contributed by atoms with Crippen LogP contribution < -0.4 is 21.5 Å². The molecule has 0 aliphatic heterocycles. The van der Waals surface area contributed by atoms with Gasteiger partial charge in [-0.05, 0) is 6.42 Å². The van der Waals surface area contributed by atoms with Gasteiger partial charge in [0.2, 0.25) is 0 Å². The predicted molar refractivity (Wildman–Crippen MR) is 87.8 cm³/mol. The molecule has 0 radical (unpaired) electrons. The smallest absolute Gasteiger partial charge is 0.327 e. The second-order valence-corrected chi connectivity index (χ2v) is 5.13. The quantitative estimate of drug-likeness (QED) is 0.416. The molecular formula is C14H22N6O4. The van der Waals surface area contributed by atoms with E-state index in [0.29, 0.717) is 30.9 Å². The highest BCUT2D eigenvalue weighted by Crippen LogP contribution is 2.17. The molecule has 4 N–H and O–H groups in total. The number of rotatable bonds is 9. The molecule has 132 valence electrons. The summed E-state index contributed by atoms with van der Waals surface area (Å²) in [5.74, 6) is -0.218. The van der Waals surface area contributed by atoms with E-state index in [9.17, 15) is 9.59 Å². The molecular weight excluding hydrogens is 316 g/mol. The van der Waals surface area contributed by atoms with E-state index in [1.807, 2.05) is 6.92 Å². The van der Waals surface area contributed by atoms with Crippen molar-refractivity contribution in [2.45, 2.75) is 26.3 Å². The van der Waals surface area contributed by atoms with Gasteiger partial charge in [-0.1, -0.05) is 13.3 Å². The minimum Gasteiger partial charge on any atom is -0.468 e. The number of nitrogens with two attached hydrogens (primary N) is 1. The number of unbranched alkanes of at least 4 members (excludes halogenated alkanes) is 1. The number of nitrogens with one attached hydrogen (secondary N) is 2. The zero-order valence-corrected chi connectivity index (χ0v) is 13.8. The Kier molecular flexibility index (Phi) is 6.13. The van der Waals surface area contributed by atoms with Crippen LogP contribution in [-0.4, -0.2) is 52.3 Å². The minimum absolute atomic E-state index is 0.0656. The number of hydrogen-bond donors (Lipinski definition) is 3. The first-order valence-corrected chi connectivity index (χ1v) is 7.73. The fraction of sp³-hybridized carbons (Fsp3) is 0.571. The Labute approximate surface area is 138 Å². The molecule has 10 heteroatoms. The van der Waals surface area contributed by atoms with Crippen molar-refractivity contribution >= 4 is 23.0 Å². The molecule has 0 spiro atoms. The van der Waals surface area contributed by atoms with Gasteiger partial charge in [0.25, 0.3) is 0 Å². The number of hydrogen-bond acceptors (Lipinski definition) is 8. The number of carbonyl (C=O) groups excluding carboxylic acids is 1. The van der Waals surface area contributed by atoms with Gasteiger partial charge in [0, 0.05) is 13.1 Å². The number of nitrogens with zero attached hydrogens (tertiary/aromatic N) is 3. The lowest BCUT2D eigenvalue weighted by molar-refractivity contribution is -0.139. The second-order valence-electron chi connectivity index (χ2n) is 5.13. The van der Waals surface area contributed by atoms with E-state index in [1.165, 1.54) is 11.7 Å². The third-order valence-electron chi connectivity index (χ3n) is 3.37. The molecule has 2 aromatic rings. The van der Waals surface area contributed by atoms with Gasteiger partial charge in [0.15, 0.2) is 11.5 Å². The maximum Gasteiger partial charge on any atom is 0.327 e. The number of nitrogen functional groups attached to an aromatic ring is 1. The SMILES string of the molecule is CCCCOc1nc(N)c2[nH]c(=O)n(CCNCC(=O)OC)c2n1. The van der Waals surface area contributed by atoms with Crippen LogP contribution in [0.15, 0.2) is 4.79 Å². The molecule has 24 heavy (non-hydrogen) atoms. The Hall–Kier alpha value is -2.62. The van der Waals surface area contributed by atoms with Crippen LogP contribution in [-0.2, 0) is 16.1 Å². The standard InChI is InChI=1S/C14H22N6O4/c1-3-4-7-24-13-18-11(15)10-12(19-13)20(14(22)17-10)6-5-16-8-9(21)23-2/h16H,3-8H2,1-2H3,(H,17,22)(H2,15,18,19). The summed E-state index contributed by atoms with van der Waals surface area (Å²) in [6.07, 6.45) is 1.86. The van der Waals surface area contributed by atoms with Gasteiger partial charge < -0.3 is 25.5 Å². The summed E-state index contributed by atoms with van der Waals surface area (Å²) in [4.78, 5) is 34.1. The number of fused-ring (bicyclic) bond motifs is 1. The third kappa shape index (κ3) is 4.22. The van der Waals surface area contributed by atoms with E-state index in [4.69, 9.17) is 10.5 Å². The molecule has 0 fully saturated rings. The average molecular weight is 338 g/mol. The molecule has 2 aromatic heterocycles. The number of H-pyrrole nitrogens is 1. The number of ether oxygens (including phenoxy) is 2. The molecule has 0 bridgehead atoms. The first-order valence-electron chi connectivity index (χ1n) is 7.73. The van der Waals surface area contributed by atoms with Gasteiger partial charge in [-0.2, -0.15) is 9.97 Å². The van der Waals surface area contributed by atoms with E-state index < -0.39 is 0 Å². The largest absolute Gasteiger partial charge is 0.468 e. The Morgan fingerprint density at radius 3 is 2.92 bits per heavy atom. The molecule has 0 aliphatic carbocycles. The maximum absolute atomic E-state index is 12.1. The van der Waals surface area contributed by atoms with Crippen molar-refractivity contribution < 1.29 is 14.3 Å². The van der Waals surface area contributed by atoms with Crippen LogP contribution in [0.25, 0.3) is 11.2 Å². The van der Waals surface area contributed by atoms with Crippen molar-refractivity contribution in [2.24, 2.45) is 0 Å². The predicted octanol–water partition coefficient (Wildman–Crippen LogP) is -0.357. The summed E-state index contributed by atoms with van der Waals surface area (Å²) in [5, 5.41) is 2.88. The second kappa shape index (κ2) is 8.29. The summed E-state index contributed by atoms with van der Waals surface area (Å²) >= 11 is 0. The van der Waals surface area contributed by atoms with Crippen molar-refractivity contribution in [1.29, 1.82) is 0 Å². The van der Waals surface area contributed by atoms with Gasteiger partial charge in [-0.15, -0.1) is 0 Å². The van der Waals surface area contributed by atoms with Crippen LogP contribution in [0.4, 0.5) is 5.82 Å². The highest BCUT2D eigenvalue weighted by atomic mass is 16.5. The van der Waals surface area contributed by atoms with Crippen LogP contribution >= 0.6 is 0 Å². The molecule has 0 unspecified atom stereocenters. The number of aromatic nitrogens is 4. The topological polar surface area (TPSA) is 137 Å². The molecule has 0 atom stereocenters. The first-order chi connectivity index (χ1) is 11.6. The van der Waals surface area contributed by atoms with Crippen molar-refractivity contribution in [1.82, 2.24) is 24.8 Å². The van der Waals surface area contributed by atoms with Gasteiger partial charge in [-0.3, -0.25) is 9.36 Å². The Bertz CT molecular complexity index is 754. The molecule has 10 nitrogen and oxygen atoms in total. The van der Waals surface area contributed by atoms with E-state index in [2.05, 4.69) is 25.0 Å². The third-order valence-corrected chi connectivity index (χ3v) is 3.37. The van der Waals surface area contributed by atoms with Crippen LogP contribution in [0.2, 0.25) is 0 Å². The number of aromatic amines is 1. The molecule has 0 aromatic carbocycles. The Morgan fingerprint density at radius 1 is 1.42 bits per heavy atom. The van der Waals surface area contributed by atoms with Crippen LogP contribution in [0, 0.1) is 0 Å². The summed E-state index contributed by atoms with van der Waals surface area (Å²) in [6, 6.07) is 0.142. The summed E-state index contributed by atoms with van der Waals surface area (Å²) in [7, 11) is 1.31. The summed E-state index contributed by atoms with van der Waals surface area (Å²) < 4.78 is 11.4. The van der Waals surface area contributed by atoms with E-state index in [0.717, 1.165) is 12.8 Å². The number of imidazole rings is 1. The van der Waals surface area contributed by atoms with E-state index >= 15 is 0 Å². The first kappa shape index (κ1) is 17.7. The summed E-state index contributed by atoms with van der Waals surface area (Å²) in [5.41, 5.74) is 6.26. The monoisotopic (exact) mass is 338 g/mol. The number of methoxy groups -OCH3 is 1. The van der Waals surface area contributed by atoms with Gasteiger partial charge in [-0.25, -0.2) is 4.79 Å². The Balaban J connectivity index is 2.14. The highest BCUT2D eigenvalue weighted by molar-refractivity contribution is 5.81. The van der Waals surface area contributed by atoms with Gasteiger partial charge in [0.1, 0.15) is 5.52 Å². The highest BCUT2D eigenvalue weighted by Gasteiger charge is 2.14. The zero-order valence-electron chi connectivity index (χ0n) is 13.8. The number of carbonyl (C=O) groups is 1. The zero-order chi connectivity index (χ0) is 17.5. The van der Waals surface area contributed by atoms with Crippen molar-refractivity contribution in [3.63, 3.8) is 0 Å². The van der Waals surface area contributed by atoms with Gasteiger partial charge in [0.05, 0.1) is 20.3 Å². The average Bonchev–Trinajstić information content (AvgIpc) is 2.88. The van der Waals surface area contributed by atoms with E-state index in [1.54, 1.807) is 0 Å². The van der Waals surface area contributed by atoms with Crippen LogP contribution in [0.3, 0.4) is 0 Å². The van der Waals surface area contributed by atoms with E-state index in [-0.39, 0.29) is 30.0 Å². The summed E-state index contributed by atoms with van der Waals surface area (Å²) in [6.45, 7) is 3.29. The van der Waals surface area contributed by atoms with Gasteiger partial charge >= 0.3 is 17.7 Å². The van der Waals surface area contributed by atoms with Crippen LogP contribution in [0.1, 0.15) is 19.8 Å². The van der Waals surface area contributed by atoms with Crippen LogP contribution in [0.5, 0.6) is 6.01 Å². The fourth-order valence-electron chi connectivity index (χ4n) is 2.06. The number of esters is 1. The lowest BCUT2D eigenvalue weighted by Crippen LogP contribution is -2.29. The van der Waals surface area contributed by atoms with Crippen molar-refractivity contribution in [2.75, 3.05) is 32.5 Å². The fourth-order valence-corrected chi connectivity index (χ4v) is 2.06. The minimum atomic E-state index is -0.376. The normalized spacial score (nSPS) is 10.9. The molecule has 0 amide bonds. The lowest BCUT2D eigenvalue weighted by Gasteiger charge is -2.07. The Morgan fingerprint density at radius 2 is 2.21 bits per heavy atom. The molecule has 2 heterocycles. The number of anilines is 1. The van der Waals surface area contributed by atoms with Crippen molar-refractivity contribution in [3.05, 3.63) is 10.5 Å².